The molecular weight excluding hydrogens is 258 g/mol. The summed E-state index contributed by atoms with van der Waals surface area (Å²) in [6.45, 7) is 3.84. The third-order valence-corrected chi connectivity index (χ3v) is 3.61. The lowest BCUT2D eigenvalue weighted by molar-refractivity contribution is -0.120. The molecule has 1 aromatic carbocycles. The summed E-state index contributed by atoms with van der Waals surface area (Å²) in [5.41, 5.74) is 8.73. The highest BCUT2D eigenvalue weighted by molar-refractivity contribution is 5.76. The molecule has 0 saturated carbocycles. The molecule has 20 heavy (non-hydrogen) atoms. The van der Waals surface area contributed by atoms with Gasteiger partial charge in [0.05, 0.1) is 6.61 Å². The predicted molar refractivity (Wildman–Crippen MR) is 74.0 cm³/mol. The fourth-order valence-corrected chi connectivity index (χ4v) is 2.66. The Balaban J connectivity index is 1.79. The number of fused-ring (bicyclic) bond motifs is 1. The van der Waals surface area contributed by atoms with Gasteiger partial charge in [0.1, 0.15) is 5.75 Å². The standard InChI is InChI=1S/C14H19N3O3/c15-12-5-10(14-11(6-12)8-19-9-20-14)7-17-3-1-13(18)16-2-4-17/h5-6H,1-4,7-9,15H2,(H,16,18). The zero-order valence-electron chi connectivity index (χ0n) is 11.4. The van der Waals surface area contributed by atoms with Crippen LogP contribution in [0.2, 0.25) is 0 Å². The molecule has 3 N–H and O–H groups in total. The summed E-state index contributed by atoms with van der Waals surface area (Å²) in [4.78, 5) is 13.6. The van der Waals surface area contributed by atoms with Crippen molar-refractivity contribution in [3.63, 3.8) is 0 Å². The number of benzene rings is 1. The van der Waals surface area contributed by atoms with Gasteiger partial charge in [-0.25, -0.2) is 0 Å². The number of nitrogen functional groups attached to an aromatic ring is 1. The highest BCUT2D eigenvalue weighted by Crippen LogP contribution is 2.31. The van der Waals surface area contributed by atoms with Gasteiger partial charge in [-0.2, -0.15) is 0 Å². The first kappa shape index (κ1) is 13.2. The second kappa shape index (κ2) is 5.68. The third kappa shape index (κ3) is 2.86. The van der Waals surface area contributed by atoms with Gasteiger partial charge in [-0.1, -0.05) is 0 Å². The molecule has 0 aromatic heterocycles. The van der Waals surface area contributed by atoms with E-state index in [1.54, 1.807) is 0 Å². The minimum Gasteiger partial charge on any atom is -0.467 e. The van der Waals surface area contributed by atoms with E-state index in [9.17, 15) is 4.79 Å². The van der Waals surface area contributed by atoms with Crippen LogP contribution in [-0.2, 0) is 22.7 Å². The van der Waals surface area contributed by atoms with Crippen LogP contribution in [0.3, 0.4) is 0 Å². The number of nitrogens with two attached hydrogens (primary N) is 1. The van der Waals surface area contributed by atoms with Gasteiger partial charge in [-0.15, -0.1) is 0 Å². The predicted octanol–water partition coefficient (Wildman–Crippen LogP) is 0.457. The largest absolute Gasteiger partial charge is 0.467 e. The second-order valence-electron chi connectivity index (χ2n) is 5.16. The minimum absolute atomic E-state index is 0.117. The smallest absolute Gasteiger partial charge is 0.221 e. The van der Waals surface area contributed by atoms with E-state index in [0.29, 0.717) is 19.6 Å². The molecule has 2 aliphatic rings. The summed E-state index contributed by atoms with van der Waals surface area (Å²) in [5.74, 6) is 1.00. The molecule has 1 saturated heterocycles. The first-order valence-corrected chi connectivity index (χ1v) is 6.83. The fraction of sp³-hybridized carbons (Fsp3) is 0.500. The summed E-state index contributed by atoms with van der Waals surface area (Å²) >= 11 is 0. The quantitative estimate of drug-likeness (QED) is 0.768. The molecule has 6 heteroatoms. The number of carbonyl (C=O) groups excluding carboxylic acids is 1. The molecule has 108 valence electrons. The third-order valence-electron chi connectivity index (χ3n) is 3.61. The van der Waals surface area contributed by atoms with Gasteiger partial charge in [0.2, 0.25) is 5.91 Å². The van der Waals surface area contributed by atoms with Gasteiger partial charge in [0.25, 0.3) is 0 Å². The van der Waals surface area contributed by atoms with Crippen LogP contribution in [0, 0.1) is 0 Å². The molecule has 1 fully saturated rings. The van der Waals surface area contributed by atoms with Gasteiger partial charge in [-0.3, -0.25) is 9.69 Å². The molecule has 3 rings (SSSR count). The van der Waals surface area contributed by atoms with Crippen molar-refractivity contribution in [2.75, 3.05) is 32.2 Å². The normalized spacial score (nSPS) is 19.7. The van der Waals surface area contributed by atoms with Crippen LogP contribution in [-0.4, -0.2) is 37.2 Å². The van der Waals surface area contributed by atoms with E-state index in [1.165, 1.54) is 0 Å². The van der Waals surface area contributed by atoms with Crippen molar-refractivity contribution in [1.82, 2.24) is 10.2 Å². The van der Waals surface area contributed by atoms with Crippen molar-refractivity contribution < 1.29 is 14.3 Å². The Morgan fingerprint density at radius 3 is 3.15 bits per heavy atom. The van der Waals surface area contributed by atoms with Crippen LogP contribution in [0.15, 0.2) is 12.1 Å². The van der Waals surface area contributed by atoms with Crippen LogP contribution >= 0.6 is 0 Å². The summed E-state index contributed by atoms with van der Waals surface area (Å²) in [5, 5.41) is 2.88. The molecular formula is C14H19N3O3. The van der Waals surface area contributed by atoms with E-state index in [0.717, 1.165) is 42.2 Å². The van der Waals surface area contributed by atoms with Gasteiger partial charge in [0.15, 0.2) is 6.79 Å². The minimum atomic E-state index is 0.117. The van der Waals surface area contributed by atoms with E-state index >= 15 is 0 Å². The molecule has 0 unspecified atom stereocenters. The van der Waals surface area contributed by atoms with Crippen molar-refractivity contribution in [2.24, 2.45) is 0 Å². The van der Waals surface area contributed by atoms with Gasteiger partial charge >= 0.3 is 0 Å². The number of ether oxygens (including phenoxy) is 2. The summed E-state index contributed by atoms with van der Waals surface area (Å²) < 4.78 is 10.9. The molecule has 1 aromatic rings. The number of hydrogen-bond acceptors (Lipinski definition) is 5. The number of amides is 1. The molecule has 0 radical (unpaired) electrons. The van der Waals surface area contributed by atoms with Crippen LogP contribution in [0.25, 0.3) is 0 Å². The lowest BCUT2D eigenvalue weighted by Crippen LogP contribution is -2.28. The van der Waals surface area contributed by atoms with Crippen LogP contribution in [0.5, 0.6) is 5.75 Å². The van der Waals surface area contributed by atoms with Crippen LogP contribution in [0.1, 0.15) is 17.5 Å². The highest BCUT2D eigenvalue weighted by Gasteiger charge is 2.19. The van der Waals surface area contributed by atoms with E-state index < -0.39 is 0 Å². The van der Waals surface area contributed by atoms with Crippen molar-refractivity contribution >= 4 is 11.6 Å². The average Bonchev–Trinajstić information content (AvgIpc) is 2.64. The first-order chi connectivity index (χ1) is 9.72. The Labute approximate surface area is 117 Å². The number of carbonyl (C=O) groups is 1. The number of nitrogens with zero attached hydrogens (tertiary/aromatic N) is 1. The van der Waals surface area contributed by atoms with Crippen LogP contribution < -0.4 is 15.8 Å². The summed E-state index contributed by atoms with van der Waals surface area (Å²) in [7, 11) is 0. The molecule has 0 aliphatic carbocycles. The number of rotatable bonds is 2. The molecule has 0 bridgehead atoms. The fourth-order valence-electron chi connectivity index (χ4n) is 2.66. The SMILES string of the molecule is Nc1cc2c(c(CN3CCNC(=O)CC3)c1)OCOC2. The Kier molecular flexibility index (Phi) is 3.75. The zero-order chi connectivity index (χ0) is 13.9. The van der Waals surface area contributed by atoms with Crippen molar-refractivity contribution in [1.29, 1.82) is 0 Å². The Bertz CT molecular complexity index is 519. The van der Waals surface area contributed by atoms with Gasteiger partial charge in [-0.05, 0) is 12.1 Å². The molecule has 1 amide bonds. The highest BCUT2D eigenvalue weighted by atomic mass is 16.7. The lowest BCUT2D eigenvalue weighted by Gasteiger charge is -2.25. The Morgan fingerprint density at radius 1 is 1.35 bits per heavy atom. The van der Waals surface area contributed by atoms with Gasteiger partial charge < -0.3 is 20.5 Å². The molecule has 2 aliphatic heterocycles. The van der Waals surface area contributed by atoms with E-state index in [2.05, 4.69) is 10.2 Å². The lowest BCUT2D eigenvalue weighted by atomic mass is 10.1. The van der Waals surface area contributed by atoms with E-state index in [1.807, 2.05) is 12.1 Å². The monoisotopic (exact) mass is 277 g/mol. The number of hydrogen-bond donors (Lipinski definition) is 2. The Hall–Kier alpha value is -1.79. The molecule has 0 spiro atoms. The van der Waals surface area contributed by atoms with Crippen molar-refractivity contribution in [2.45, 2.75) is 19.6 Å². The summed E-state index contributed by atoms with van der Waals surface area (Å²) in [6.07, 6.45) is 0.536. The van der Waals surface area contributed by atoms with Crippen molar-refractivity contribution in [3.8, 4) is 5.75 Å². The maximum Gasteiger partial charge on any atom is 0.221 e. The summed E-state index contributed by atoms with van der Waals surface area (Å²) in [6, 6.07) is 3.84. The van der Waals surface area contributed by atoms with Crippen molar-refractivity contribution in [3.05, 3.63) is 23.3 Å². The number of anilines is 1. The molecule has 0 atom stereocenters. The number of nitrogens with one attached hydrogen (secondary N) is 1. The molecule has 2 heterocycles. The average molecular weight is 277 g/mol. The van der Waals surface area contributed by atoms with E-state index in [4.69, 9.17) is 15.2 Å². The zero-order valence-corrected chi connectivity index (χ0v) is 11.4. The first-order valence-electron chi connectivity index (χ1n) is 6.83. The van der Waals surface area contributed by atoms with E-state index in [-0.39, 0.29) is 12.7 Å². The van der Waals surface area contributed by atoms with Gasteiger partial charge in [0, 0.05) is 49.4 Å². The maximum absolute atomic E-state index is 11.4. The second-order valence-corrected chi connectivity index (χ2v) is 5.16. The maximum atomic E-state index is 11.4. The van der Waals surface area contributed by atoms with Crippen LogP contribution in [0.4, 0.5) is 5.69 Å². The molecule has 6 nitrogen and oxygen atoms in total. The Morgan fingerprint density at radius 2 is 2.25 bits per heavy atom. The topological polar surface area (TPSA) is 76.8 Å².